The Balaban J connectivity index is 2.69. The van der Waals surface area contributed by atoms with E-state index in [0.717, 1.165) is 24.7 Å². The molecular weight excluding hydrogens is 290 g/mol. The van der Waals surface area contributed by atoms with Crippen molar-refractivity contribution in [3.05, 3.63) is 23.8 Å². The summed E-state index contributed by atoms with van der Waals surface area (Å²) in [6, 6.07) is 4.86. The summed E-state index contributed by atoms with van der Waals surface area (Å²) in [6.45, 7) is 3.79. The predicted molar refractivity (Wildman–Crippen MR) is 85.8 cm³/mol. The van der Waals surface area contributed by atoms with Crippen LogP contribution in [0.1, 0.15) is 31.7 Å². The molecule has 0 aliphatic carbocycles. The van der Waals surface area contributed by atoms with Crippen molar-refractivity contribution >= 4 is 27.3 Å². The molecule has 7 heteroatoms. The van der Waals surface area contributed by atoms with Crippen LogP contribution in [0, 0.1) is 6.92 Å². The Labute approximate surface area is 126 Å². The molecule has 0 spiro atoms. The highest BCUT2D eigenvalue weighted by Crippen LogP contribution is 2.20. The second kappa shape index (κ2) is 7.42. The van der Waals surface area contributed by atoms with Crippen LogP contribution in [0.3, 0.4) is 0 Å². The quantitative estimate of drug-likeness (QED) is 0.714. The number of sulfonamides is 1. The molecule has 1 aromatic rings. The average molecular weight is 313 g/mol. The molecule has 1 aromatic carbocycles. The minimum absolute atomic E-state index is 0.137. The molecule has 1 rings (SSSR count). The van der Waals surface area contributed by atoms with Crippen LogP contribution in [0.25, 0.3) is 0 Å². The monoisotopic (exact) mass is 313 g/mol. The first-order chi connectivity index (χ1) is 9.71. The van der Waals surface area contributed by atoms with Crippen LogP contribution in [0.15, 0.2) is 18.2 Å². The van der Waals surface area contributed by atoms with E-state index in [9.17, 15) is 13.2 Å². The summed E-state index contributed by atoms with van der Waals surface area (Å²) in [5.41, 5.74) is 7.68. The van der Waals surface area contributed by atoms with Crippen molar-refractivity contribution in [1.29, 1.82) is 0 Å². The van der Waals surface area contributed by atoms with E-state index in [1.54, 1.807) is 25.1 Å². The highest BCUT2D eigenvalue weighted by molar-refractivity contribution is 7.92. The van der Waals surface area contributed by atoms with Crippen molar-refractivity contribution in [3.8, 4) is 0 Å². The third-order valence-corrected chi connectivity index (χ3v) is 3.50. The number of hydrogen-bond donors (Lipinski definition) is 3. The molecule has 0 aromatic heterocycles. The second-order valence-corrected chi connectivity index (χ2v) is 6.95. The first-order valence-corrected chi connectivity index (χ1v) is 8.74. The van der Waals surface area contributed by atoms with Crippen LogP contribution in [-0.4, -0.2) is 26.6 Å². The zero-order chi connectivity index (χ0) is 16.0. The number of anilines is 2. The van der Waals surface area contributed by atoms with Crippen molar-refractivity contribution in [3.63, 3.8) is 0 Å². The summed E-state index contributed by atoms with van der Waals surface area (Å²) in [4.78, 5) is 11.8. The lowest BCUT2D eigenvalue weighted by Crippen LogP contribution is -2.26. The van der Waals surface area contributed by atoms with Crippen molar-refractivity contribution in [2.45, 2.75) is 39.2 Å². The summed E-state index contributed by atoms with van der Waals surface area (Å²) >= 11 is 0. The number of nitrogens with two attached hydrogens (primary N) is 1. The first-order valence-electron chi connectivity index (χ1n) is 6.85. The van der Waals surface area contributed by atoms with Gasteiger partial charge in [-0.3, -0.25) is 9.52 Å². The molecule has 1 atom stereocenters. The maximum atomic E-state index is 11.8. The van der Waals surface area contributed by atoms with Crippen LogP contribution in [0.2, 0.25) is 0 Å². The smallest absolute Gasteiger partial charge is 0.229 e. The van der Waals surface area contributed by atoms with Gasteiger partial charge in [0.25, 0.3) is 0 Å². The molecule has 0 saturated carbocycles. The van der Waals surface area contributed by atoms with Crippen LogP contribution < -0.4 is 15.8 Å². The minimum atomic E-state index is -3.31. The Morgan fingerprint density at radius 3 is 2.57 bits per heavy atom. The molecule has 6 nitrogen and oxygen atoms in total. The number of carbonyl (C=O) groups excluding carboxylic acids is 1. The lowest BCUT2D eigenvalue weighted by atomic mass is 10.1. The number of nitrogens with one attached hydrogen (secondary N) is 2. The van der Waals surface area contributed by atoms with Crippen molar-refractivity contribution < 1.29 is 13.2 Å². The van der Waals surface area contributed by atoms with Gasteiger partial charge in [-0.05, 0) is 37.1 Å². The van der Waals surface area contributed by atoms with Gasteiger partial charge in [0.1, 0.15) is 0 Å². The molecule has 0 saturated heterocycles. The Morgan fingerprint density at radius 1 is 1.38 bits per heavy atom. The van der Waals surface area contributed by atoms with E-state index >= 15 is 0 Å². The molecule has 0 aliphatic rings. The van der Waals surface area contributed by atoms with E-state index in [4.69, 9.17) is 5.73 Å². The molecule has 1 unspecified atom stereocenters. The number of aryl methyl sites for hydroxylation is 1. The van der Waals surface area contributed by atoms with Crippen LogP contribution >= 0.6 is 0 Å². The lowest BCUT2D eigenvalue weighted by Gasteiger charge is -2.12. The van der Waals surface area contributed by atoms with E-state index in [-0.39, 0.29) is 18.4 Å². The maximum Gasteiger partial charge on any atom is 0.229 e. The molecule has 0 bridgehead atoms. The minimum Gasteiger partial charge on any atom is -0.327 e. The Bertz CT molecular complexity index is 599. The third-order valence-electron chi connectivity index (χ3n) is 2.91. The Hall–Kier alpha value is -1.60. The fraction of sp³-hybridized carbons (Fsp3) is 0.500. The van der Waals surface area contributed by atoms with E-state index < -0.39 is 10.0 Å². The predicted octanol–water partition coefficient (Wildman–Crippen LogP) is 1.82. The van der Waals surface area contributed by atoms with Gasteiger partial charge in [0, 0.05) is 18.2 Å². The van der Waals surface area contributed by atoms with Gasteiger partial charge < -0.3 is 11.1 Å². The van der Waals surface area contributed by atoms with Crippen LogP contribution in [0.5, 0.6) is 0 Å². The molecule has 0 aliphatic heterocycles. The number of amides is 1. The van der Waals surface area contributed by atoms with Gasteiger partial charge in [-0.1, -0.05) is 13.3 Å². The number of hydrogen-bond acceptors (Lipinski definition) is 4. The highest BCUT2D eigenvalue weighted by Gasteiger charge is 2.10. The third kappa shape index (κ3) is 6.59. The van der Waals surface area contributed by atoms with E-state index in [1.165, 1.54) is 0 Å². The Kier molecular flexibility index (Phi) is 6.17. The Morgan fingerprint density at radius 2 is 2.05 bits per heavy atom. The summed E-state index contributed by atoms with van der Waals surface area (Å²) < 4.78 is 24.8. The fourth-order valence-electron chi connectivity index (χ4n) is 1.98. The highest BCUT2D eigenvalue weighted by atomic mass is 32.2. The molecule has 4 N–H and O–H groups in total. The zero-order valence-electron chi connectivity index (χ0n) is 12.6. The number of carbonyl (C=O) groups is 1. The van der Waals surface area contributed by atoms with Gasteiger partial charge >= 0.3 is 0 Å². The van der Waals surface area contributed by atoms with Gasteiger partial charge in [0.15, 0.2) is 0 Å². The average Bonchev–Trinajstić information content (AvgIpc) is 2.31. The second-order valence-electron chi connectivity index (χ2n) is 5.20. The topological polar surface area (TPSA) is 101 Å². The SMILES string of the molecule is CCCC(N)CC(=O)Nc1ccc(NS(C)(=O)=O)c(C)c1. The van der Waals surface area contributed by atoms with Gasteiger partial charge in [0.05, 0.1) is 11.9 Å². The first kappa shape index (κ1) is 17.5. The van der Waals surface area contributed by atoms with E-state index in [1.807, 2.05) is 6.92 Å². The molecular formula is C14H23N3O3S. The molecule has 0 heterocycles. The summed E-state index contributed by atoms with van der Waals surface area (Å²) in [5.74, 6) is -0.140. The summed E-state index contributed by atoms with van der Waals surface area (Å²) in [6.07, 6.45) is 3.12. The van der Waals surface area contributed by atoms with Crippen molar-refractivity contribution in [2.24, 2.45) is 5.73 Å². The molecule has 0 fully saturated rings. The van der Waals surface area contributed by atoms with Gasteiger partial charge in [0.2, 0.25) is 15.9 Å². The molecule has 0 radical (unpaired) electrons. The largest absolute Gasteiger partial charge is 0.327 e. The van der Waals surface area contributed by atoms with Gasteiger partial charge in [-0.2, -0.15) is 0 Å². The molecule has 1 amide bonds. The molecule has 21 heavy (non-hydrogen) atoms. The van der Waals surface area contributed by atoms with Gasteiger partial charge in [-0.15, -0.1) is 0 Å². The molecule has 118 valence electrons. The normalized spacial score (nSPS) is 12.8. The maximum absolute atomic E-state index is 11.8. The van der Waals surface area contributed by atoms with Crippen molar-refractivity contribution in [1.82, 2.24) is 0 Å². The van der Waals surface area contributed by atoms with Crippen molar-refractivity contribution in [2.75, 3.05) is 16.3 Å². The zero-order valence-corrected chi connectivity index (χ0v) is 13.5. The summed E-state index contributed by atoms with van der Waals surface area (Å²) in [5, 5.41) is 2.77. The lowest BCUT2D eigenvalue weighted by molar-refractivity contribution is -0.116. The van der Waals surface area contributed by atoms with E-state index in [2.05, 4.69) is 10.0 Å². The summed E-state index contributed by atoms with van der Waals surface area (Å²) in [7, 11) is -3.31. The van der Waals surface area contributed by atoms with Crippen LogP contribution in [0.4, 0.5) is 11.4 Å². The fourth-order valence-corrected chi connectivity index (χ4v) is 2.61. The van der Waals surface area contributed by atoms with E-state index in [0.29, 0.717) is 11.4 Å². The van der Waals surface area contributed by atoms with Crippen LogP contribution in [-0.2, 0) is 14.8 Å². The van der Waals surface area contributed by atoms with Gasteiger partial charge in [-0.25, -0.2) is 8.42 Å². The number of benzene rings is 1. The standard InChI is InChI=1S/C14H23N3O3S/c1-4-5-11(15)9-14(18)16-12-6-7-13(10(2)8-12)17-21(3,19)20/h6-8,11,17H,4-5,9,15H2,1-3H3,(H,16,18). The number of rotatable bonds is 7.